The molecule has 8 nitrogen and oxygen atoms in total. The standard InChI is InChI=1S/C22H21Cl2N3O5/c1-12-11-22(2,32-27-12)21(31)26-17(20(29)30)10-13-6-8-14(9-7-13)25-19(28)18-15(23)4-3-5-16(18)24/h3-9,17H,10-11H2,1-2H3,(H,25,28)(H,26,31)(H,29,30)/t17-,22?/m0/s1. The maximum Gasteiger partial charge on any atom is 0.326 e. The average Bonchev–Trinajstić information content (AvgIpc) is 3.08. The van der Waals surface area contributed by atoms with Gasteiger partial charge >= 0.3 is 5.97 Å². The Labute approximate surface area is 194 Å². The molecule has 1 heterocycles. The van der Waals surface area contributed by atoms with E-state index in [1.54, 1.807) is 56.3 Å². The fourth-order valence-electron chi connectivity index (χ4n) is 3.23. The molecule has 0 saturated heterocycles. The number of nitrogens with zero attached hydrogens (tertiary/aromatic N) is 1. The second kappa shape index (κ2) is 9.58. The van der Waals surface area contributed by atoms with Crippen LogP contribution in [0.5, 0.6) is 0 Å². The number of hydrogen-bond acceptors (Lipinski definition) is 5. The molecule has 0 spiro atoms. The lowest BCUT2D eigenvalue weighted by molar-refractivity contribution is -0.148. The summed E-state index contributed by atoms with van der Waals surface area (Å²) >= 11 is 12.1. The summed E-state index contributed by atoms with van der Waals surface area (Å²) in [5, 5.41) is 19.0. The second-order valence-corrected chi connectivity index (χ2v) is 8.46. The number of carbonyl (C=O) groups excluding carboxylic acids is 2. The maximum absolute atomic E-state index is 12.5. The van der Waals surface area contributed by atoms with Gasteiger partial charge in [0.1, 0.15) is 6.04 Å². The number of amides is 2. The Balaban J connectivity index is 1.65. The fraction of sp³-hybridized carbons (Fsp3) is 0.273. The van der Waals surface area contributed by atoms with Crippen molar-refractivity contribution in [2.24, 2.45) is 5.16 Å². The van der Waals surface area contributed by atoms with E-state index in [0.29, 0.717) is 17.0 Å². The van der Waals surface area contributed by atoms with Gasteiger partial charge in [0.2, 0.25) is 5.60 Å². The lowest BCUT2D eigenvalue weighted by atomic mass is 9.98. The molecule has 1 aliphatic heterocycles. The van der Waals surface area contributed by atoms with E-state index in [1.165, 1.54) is 0 Å². The van der Waals surface area contributed by atoms with E-state index in [4.69, 9.17) is 28.0 Å². The number of carboxylic acids is 1. The van der Waals surface area contributed by atoms with Gasteiger partial charge in [-0.25, -0.2) is 4.79 Å². The number of carbonyl (C=O) groups is 3. The van der Waals surface area contributed by atoms with Gasteiger partial charge in [0, 0.05) is 18.5 Å². The van der Waals surface area contributed by atoms with E-state index in [2.05, 4.69) is 15.8 Å². The summed E-state index contributed by atoms with van der Waals surface area (Å²) in [6.07, 6.45) is 0.330. The van der Waals surface area contributed by atoms with Crippen molar-refractivity contribution in [3.63, 3.8) is 0 Å². The summed E-state index contributed by atoms with van der Waals surface area (Å²) < 4.78 is 0. The van der Waals surface area contributed by atoms with Crippen molar-refractivity contribution in [2.45, 2.75) is 38.3 Å². The van der Waals surface area contributed by atoms with Crippen molar-refractivity contribution in [3.8, 4) is 0 Å². The molecule has 168 valence electrons. The first-order chi connectivity index (χ1) is 15.1. The first-order valence-electron chi connectivity index (χ1n) is 9.69. The molecule has 3 N–H and O–H groups in total. The van der Waals surface area contributed by atoms with E-state index < -0.39 is 29.4 Å². The Bertz CT molecular complexity index is 1070. The molecule has 0 radical (unpaired) electrons. The minimum absolute atomic E-state index is 0.0432. The summed E-state index contributed by atoms with van der Waals surface area (Å²) in [7, 11) is 0. The van der Waals surface area contributed by atoms with Gasteiger partial charge in [-0.2, -0.15) is 0 Å². The van der Waals surface area contributed by atoms with Gasteiger partial charge in [0.05, 0.1) is 21.3 Å². The number of carboxylic acid groups (broad SMARTS) is 1. The number of benzene rings is 2. The summed E-state index contributed by atoms with van der Waals surface area (Å²) in [6.45, 7) is 3.29. The molecule has 1 unspecified atom stereocenters. The Morgan fingerprint density at radius 3 is 2.31 bits per heavy atom. The Morgan fingerprint density at radius 2 is 1.78 bits per heavy atom. The second-order valence-electron chi connectivity index (χ2n) is 7.64. The van der Waals surface area contributed by atoms with Gasteiger partial charge in [-0.1, -0.05) is 46.6 Å². The predicted octanol–water partition coefficient (Wildman–Crippen LogP) is 3.91. The zero-order chi connectivity index (χ0) is 23.5. The van der Waals surface area contributed by atoms with Crippen molar-refractivity contribution in [1.82, 2.24) is 5.32 Å². The van der Waals surface area contributed by atoms with Crippen molar-refractivity contribution in [1.29, 1.82) is 0 Å². The number of hydrogen-bond donors (Lipinski definition) is 3. The van der Waals surface area contributed by atoms with Gasteiger partial charge in [0.15, 0.2) is 0 Å². The molecule has 1 aliphatic rings. The molecule has 0 aromatic heterocycles. The lowest BCUT2D eigenvalue weighted by Gasteiger charge is -2.23. The van der Waals surface area contributed by atoms with Crippen LogP contribution in [0.25, 0.3) is 0 Å². The zero-order valence-corrected chi connectivity index (χ0v) is 18.8. The number of aliphatic carboxylic acids is 1. The Hall–Kier alpha value is -3.10. The highest BCUT2D eigenvalue weighted by atomic mass is 35.5. The third kappa shape index (κ3) is 5.38. The van der Waals surface area contributed by atoms with Crippen LogP contribution in [0.3, 0.4) is 0 Å². The first kappa shape index (κ1) is 23.6. The molecule has 0 aliphatic carbocycles. The molecule has 2 aromatic carbocycles. The summed E-state index contributed by atoms with van der Waals surface area (Å²) in [6, 6.07) is 10.2. The van der Waals surface area contributed by atoms with E-state index in [0.717, 1.165) is 0 Å². The van der Waals surface area contributed by atoms with E-state index >= 15 is 0 Å². The predicted molar refractivity (Wildman–Crippen MR) is 121 cm³/mol. The third-order valence-electron chi connectivity index (χ3n) is 4.92. The summed E-state index contributed by atoms with van der Waals surface area (Å²) in [4.78, 5) is 41.9. The van der Waals surface area contributed by atoms with Gasteiger partial charge < -0.3 is 20.6 Å². The summed E-state index contributed by atoms with van der Waals surface area (Å²) in [5.74, 6) is -2.19. The molecule has 10 heteroatoms. The molecule has 2 atom stereocenters. The first-order valence-corrected chi connectivity index (χ1v) is 10.4. The molecule has 2 amide bonds. The van der Waals surface area contributed by atoms with Crippen LogP contribution >= 0.6 is 23.2 Å². The Kier molecular flexibility index (Phi) is 7.06. The van der Waals surface area contributed by atoms with Crippen molar-refractivity contribution in [2.75, 3.05) is 5.32 Å². The van der Waals surface area contributed by atoms with E-state index in [1.807, 2.05) is 0 Å². The van der Waals surface area contributed by atoms with Crippen LogP contribution in [-0.4, -0.2) is 40.2 Å². The minimum atomic E-state index is -1.23. The Morgan fingerprint density at radius 1 is 1.16 bits per heavy atom. The molecule has 3 rings (SSSR count). The van der Waals surface area contributed by atoms with Crippen LogP contribution in [0.1, 0.15) is 36.2 Å². The van der Waals surface area contributed by atoms with Gasteiger partial charge in [-0.15, -0.1) is 0 Å². The highest BCUT2D eigenvalue weighted by Gasteiger charge is 2.42. The van der Waals surface area contributed by atoms with Crippen LogP contribution in [0.15, 0.2) is 47.6 Å². The molecular formula is C22H21Cl2N3O5. The number of rotatable bonds is 7. The lowest BCUT2D eigenvalue weighted by Crippen LogP contribution is -2.51. The van der Waals surface area contributed by atoms with Gasteiger partial charge in [-0.05, 0) is 43.7 Å². The molecule has 32 heavy (non-hydrogen) atoms. The molecule has 0 bridgehead atoms. The highest BCUT2D eigenvalue weighted by molar-refractivity contribution is 6.40. The largest absolute Gasteiger partial charge is 0.480 e. The average molecular weight is 478 g/mol. The third-order valence-corrected chi connectivity index (χ3v) is 5.55. The SMILES string of the molecule is CC1=NOC(C)(C(=O)N[C@@H](Cc2ccc(NC(=O)c3c(Cl)cccc3Cl)cc2)C(=O)O)C1. The van der Waals surface area contributed by atoms with Crippen molar-refractivity contribution < 1.29 is 24.3 Å². The topological polar surface area (TPSA) is 117 Å². The fourth-order valence-corrected chi connectivity index (χ4v) is 3.80. The van der Waals surface area contributed by atoms with E-state index in [9.17, 15) is 19.5 Å². The van der Waals surface area contributed by atoms with Crippen LogP contribution in [-0.2, 0) is 20.8 Å². The van der Waals surface area contributed by atoms with Crippen molar-refractivity contribution >= 4 is 52.4 Å². The molecule has 0 saturated carbocycles. The smallest absolute Gasteiger partial charge is 0.326 e. The molecule has 2 aromatic rings. The minimum Gasteiger partial charge on any atom is -0.480 e. The zero-order valence-electron chi connectivity index (χ0n) is 17.3. The highest BCUT2D eigenvalue weighted by Crippen LogP contribution is 2.26. The van der Waals surface area contributed by atoms with Crippen LogP contribution in [0.4, 0.5) is 5.69 Å². The quantitative estimate of drug-likeness (QED) is 0.558. The number of halogens is 2. The van der Waals surface area contributed by atoms with Crippen LogP contribution in [0, 0.1) is 0 Å². The molecule has 0 fully saturated rings. The molecular weight excluding hydrogens is 457 g/mol. The monoisotopic (exact) mass is 477 g/mol. The number of anilines is 1. The number of oxime groups is 1. The van der Waals surface area contributed by atoms with Gasteiger partial charge in [-0.3, -0.25) is 9.59 Å². The maximum atomic E-state index is 12.5. The van der Waals surface area contributed by atoms with Crippen molar-refractivity contribution in [3.05, 3.63) is 63.6 Å². The normalized spacial score (nSPS) is 18.3. The van der Waals surface area contributed by atoms with Crippen LogP contribution in [0.2, 0.25) is 10.0 Å². The number of nitrogens with one attached hydrogen (secondary N) is 2. The van der Waals surface area contributed by atoms with Gasteiger partial charge in [0.25, 0.3) is 11.8 Å². The summed E-state index contributed by atoms with van der Waals surface area (Å²) in [5.41, 5.74) is 0.716. The van der Waals surface area contributed by atoms with E-state index in [-0.39, 0.29) is 28.5 Å². The van der Waals surface area contributed by atoms with Crippen LogP contribution < -0.4 is 10.6 Å².